The number of nitrogens with zero attached hydrogens (tertiary/aromatic N) is 2. The molecule has 1 aliphatic rings. The average Bonchev–Trinajstić information content (AvgIpc) is 2.98. The number of aromatic hydroxyl groups is 1. The van der Waals surface area contributed by atoms with Gasteiger partial charge in [-0.1, -0.05) is 81.6 Å². The van der Waals surface area contributed by atoms with Crippen LogP contribution >= 0.6 is 12.2 Å². The second-order valence-corrected chi connectivity index (χ2v) is 11.0. The average molecular weight is 566 g/mol. The van der Waals surface area contributed by atoms with Gasteiger partial charge < -0.3 is 9.84 Å². The van der Waals surface area contributed by atoms with Crippen molar-refractivity contribution in [2.75, 3.05) is 0 Å². The van der Waals surface area contributed by atoms with Crippen LogP contribution in [0, 0.1) is 10.7 Å². The number of aromatic amines is 1. The lowest BCUT2D eigenvalue weighted by Gasteiger charge is -2.22. The minimum atomic E-state index is -0.448. The molecule has 5 rings (SSSR count). The van der Waals surface area contributed by atoms with Gasteiger partial charge in [0, 0.05) is 0 Å². The molecular formula is C34H35N3O3S. The van der Waals surface area contributed by atoms with E-state index in [0.29, 0.717) is 11.4 Å². The van der Waals surface area contributed by atoms with Crippen LogP contribution in [0.2, 0.25) is 0 Å². The van der Waals surface area contributed by atoms with Crippen LogP contribution in [0.15, 0.2) is 100 Å². The van der Waals surface area contributed by atoms with E-state index in [1.807, 2.05) is 60.7 Å². The van der Waals surface area contributed by atoms with E-state index in [4.69, 9.17) is 21.9 Å². The van der Waals surface area contributed by atoms with Gasteiger partial charge in [-0.2, -0.15) is 0 Å². The summed E-state index contributed by atoms with van der Waals surface area (Å²) in [6.45, 7) is 4.16. The number of nitrogens with one attached hydrogen (secondary N) is 1. The van der Waals surface area contributed by atoms with Crippen LogP contribution in [-0.2, 0) is 0 Å². The maximum Gasteiger partial charge on any atom is 0.262 e. The lowest BCUT2D eigenvalue weighted by atomic mass is 9.90. The SMILES string of the molecule is CC(C)C(=Cc1c(O)n(-c2ccc(Oc3ccccc3)cc2)c(=S)[nH]c1=O)C(=NC1CCCCC1)c1ccccc1. The maximum absolute atomic E-state index is 13.2. The monoisotopic (exact) mass is 565 g/mol. The van der Waals surface area contributed by atoms with Gasteiger partial charge in [0.05, 0.1) is 17.4 Å². The number of allylic oxidation sites excluding steroid dienone is 1. The van der Waals surface area contributed by atoms with Crippen molar-refractivity contribution >= 4 is 24.0 Å². The second kappa shape index (κ2) is 13.0. The third-order valence-electron chi connectivity index (χ3n) is 7.32. The molecule has 0 spiro atoms. The Morgan fingerprint density at radius 2 is 1.56 bits per heavy atom. The van der Waals surface area contributed by atoms with E-state index in [1.165, 1.54) is 23.8 Å². The highest BCUT2D eigenvalue weighted by Gasteiger charge is 2.21. The number of hydrogen-bond donors (Lipinski definition) is 2. The molecule has 0 aliphatic heterocycles. The van der Waals surface area contributed by atoms with Crippen LogP contribution in [0.1, 0.15) is 57.1 Å². The van der Waals surface area contributed by atoms with Gasteiger partial charge in [0.25, 0.3) is 5.56 Å². The topological polar surface area (TPSA) is 79.6 Å². The minimum absolute atomic E-state index is 0.0439. The zero-order chi connectivity index (χ0) is 28.8. The number of para-hydroxylation sites is 1. The standard InChI is InChI=1S/C34H35N3O3S/c1-23(2)29(31(24-12-6-3-7-13-24)35-25-14-8-4-9-15-25)22-30-32(38)36-34(41)37(33(30)39)26-18-20-28(21-19-26)40-27-16-10-5-11-17-27/h3,5-7,10-13,16-23,25,39H,4,8-9,14-15H2,1-2H3,(H,36,38,41). The number of hydrogen-bond acceptors (Lipinski definition) is 5. The maximum atomic E-state index is 13.2. The van der Waals surface area contributed by atoms with Gasteiger partial charge in [-0.25, -0.2) is 0 Å². The molecule has 1 fully saturated rings. The van der Waals surface area contributed by atoms with Crippen molar-refractivity contribution in [3.63, 3.8) is 0 Å². The Morgan fingerprint density at radius 1 is 0.951 bits per heavy atom. The Hall–Kier alpha value is -4.23. The van der Waals surface area contributed by atoms with E-state index < -0.39 is 5.56 Å². The highest BCUT2D eigenvalue weighted by atomic mass is 32.1. The summed E-state index contributed by atoms with van der Waals surface area (Å²) in [5.74, 6) is 1.19. The fourth-order valence-corrected chi connectivity index (χ4v) is 5.45. The molecule has 0 amide bonds. The van der Waals surface area contributed by atoms with Crippen LogP contribution in [0.3, 0.4) is 0 Å². The van der Waals surface area contributed by atoms with Gasteiger partial charge in [0.1, 0.15) is 17.1 Å². The first-order valence-electron chi connectivity index (χ1n) is 14.2. The Balaban J connectivity index is 1.57. The molecule has 0 radical (unpaired) electrons. The number of benzene rings is 3. The summed E-state index contributed by atoms with van der Waals surface area (Å²) in [4.78, 5) is 21.2. The number of H-pyrrole nitrogens is 1. The van der Waals surface area contributed by atoms with Crippen LogP contribution in [0.5, 0.6) is 17.4 Å². The molecule has 1 heterocycles. The van der Waals surface area contributed by atoms with E-state index in [0.717, 1.165) is 35.4 Å². The summed E-state index contributed by atoms with van der Waals surface area (Å²) >= 11 is 5.48. The smallest absolute Gasteiger partial charge is 0.262 e. The summed E-state index contributed by atoms with van der Waals surface area (Å²) in [5, 5.41) is 11.5. The number of aromatic nitrogens is 2. The molecule has 41 heavy (non-hydrogen) atoms. The molecule has 7 heteroatoms. The Kier molecular flexibility index (Phi) is 8.95. The molecule has 3 aromatic carbocycles. The van der Waals surface area contributed by atoms with E-state index in [2.05, 4.69) is 18.8 Å². The molecule has 2 N–H and O–H groups in total. The van der Waals surface area contributed by atoms with Crippen molar-refractivity contribution < 1.29 is 9.84 Å². The molecule has 1 aliphatic carbocycles. The third-order valence-corrected chi connectivity index (χ3v) is 7.61. The molecule has 210 valence electrons. The normalized spacial score (nSPS) is 14.8. The van der Waals surface area contributed by atoms with Crippen LogP contribution in [0.4, 0.5) is 0 Å². The van der Waals surface area contributed by atoms with Gasteiger partial charge in [-0.15, -0.1) is 0 Å². The lowest BCUT2D eigenvalue weighted by molar-refractivity contribution is 0.431. The van der Waals surface area contributed by atoms with Crippen molar-refractivity contribution in [1.29, 1.82) is 0 Å². The van der Waals surface area contributed by atoms with Crippen molar-refractivity contribution in [1.82, 2.24) is 9.55 Å². The number of rotatable bonds is 8. The molecule has 0 atom stereocenters. The summed E-state index contributed by atoms with van der Waals surface area (Å²) in [6.07, 6.45) is 7.48. The predicted octanol–water partition coefficient (Wildman–Crippen LogP) is 8.25. The van der Waals surface area contributed by atoms with E-state index >= 15 is 0 Å². The van der Waals surface area contributed by atoms with Gasteiger partial charge in [-0.05, 0) is 84.6 Å². The molecule has 4 aromatic rings. The fraction of sp³-hybridized carbons (Fsp3) is 0.265. The number of ether oxygens (including phenoxy) is 1. The van der Waals surface area contributed by atoms with Crippen molar-refractivity contribution in [3.05, 3.63) is 117 Å². The molecule has 1 aromatic heterocycles. The molecule has 0 saturated heterocycles. The second-order valence-electron chi connectivity index (χ2n) is 10.6. The van der Waals surface area contributed by atoms with Crippen molar-refractivity contribution in [2.24, 2.45) is 10.9 Å². The largest absolute Gasteiger partial charge is 0.494 e. The molecule has 0 unspecified atom stereocenters. The zero-order valence-electron chi connectivity index (χ0n) is 23.4. The zero-order valence-corrected chi connectivity index (χ0v) is 24.2. The van der Waals surface area contributed by atoms with Gasteiger partial charge in [0.15, 0.2) is 4.77 Å². The van der Waals surface area contributed by atoms with Crippen molar-refractivity contribution in [2.45, 2.75) is 52.0 Å². The first-order chi connectivity index (χ1) is 19.9. The Morgan fingerprint density at radius 3 is 2.20 bits per heavy atom. The number of aliphatic imine (C=N–C) groups is 1. The van der Waals surface area contributed by atoms with Gasteiger partial charge in [0.2, 0.25) is 5.88 Å². The molecule has 6 nitrogen and oxygen atoms in total. The van der Waals surface area contributed by atoms with E-state index in [1.54, 1.807) is 30.3 Å². The van der Waals surface area contributed by atoms with Gasteiger partial charge in [-0.3, -0.25) is 19.3 Å². The highest BCUT2D eigenvalue weighted by molar-refractivity contribution is 7.71. The van der Waals surface area contributed by atoms with Crippen LogP contribution in [0.25, 0.3) is 11.8 Å². The first kappa shape index (κ1) is 28.3. The highest BCUT2D eigenvalue weighted by Crippen LogP contribution is 2.29. The summed E-state index contributed by atoms with van der Waals surface area (Å²) in [5.41, 5.74) is 3.04. The summed E-state index contributed by atoms with van der Waals surface area (Å²) in [6, 6.07) is 27.0. The molecule has 0 bridgehead atoms. The van der Waals surface area contributed by atoms with Crippen LogP contribution < -0.4 is 10.3 Å². The Labute approximate surface area is 245 Å². The first-order valence-corrected chi connectivity index (χ1v) is 14.6. The fourth-order valence-electron chi connectivity index (χ4n) is 5.16. The predicted molar refractivity (Wildman–Crippen MR) is 168 cm³/mol. The Bertz CT molecular complexity index is 1650. The van der Waals surface area contributed by atoms with Crippen molar-refractivity contribution in [3.8, 4) is 23.1 Å². The lowest BCUT2D eigenvalue weighted by Crippen LogP contribution is -2.20. The molecule has 1 saturated carbocycles. The van der Waals surface area contributed by atoms with E-state index in [9.17, 15) is 9.90 Å². The van der Waals surface area contributed by atoms with E-state index in [-0.39, 0.29) is 28.2 Å². The third kappa shape index (κ3) is 6.74. The summed E-state index contributed by atoms with van der Waals surface area (Å²) < 4.78 is 7.47. The quantitative estimate of drug-likeness (QED) is 0.167. The minimum Gasteiger partial charge on any atom is -0.494 e. The van der Waals surface area contributed by atoms with Crippen LogP contribution in [-0.4, -0.2) is 26.4 Å². The molecular weight excluding hydrogens is 530 g/mol. The van der Waals surface area contributed by atoms with Gasteiger partial charge >= 0.3 is 0 Å². The summed E-state index contributed by atoms with van der Waals surface area (Å²) in [7, 11) is 0.